The van der Waals surface area contributed by atoms with Gasteiger partial charge in [0.2, 0.25) is 0 Å². The molecule has 3 aromatic rings. The molecule has 0 aliphatic heterocycles. The zero-order valence-electron chi connectivity index (χ0n) is 17.3. The first-order chi connectivity index (χ1) is 12.6. The minimum absolute atomic E-state index is 0.215. The highest BCUT2D eigenvalue weighted by atomic mass is 32.1. The standard InChI is InChI=1S/C26H28S/c1-25(2,3)17-7-9-19-15(11-17)13-21-22-14-16-12-18(26(4,5)6)8-10-20(16)24(22)27-23(19)21/h7-12H,13-14H2,1-6H3. The number of benzene rings is 2. The van der Waals surface area contributed by atoms with E-state index in [4.69, 9.17) is 0 Å². The quantitative estimate of drug-likeness (QED) is 0.264. The van der Waals surface area contributed by atoms with Crippen LogP contribution in [0.4, 0.5) is 0 Å². The van der Waals surface area contributed by atoms with Crippen molar-refractivity contribution in [1.82, 2.24) is 0 Å². The van der Waals surface area contributed by atoms with Crippen molar-refractivity contribution in [3.8, 4) is 20.9 Å². The predicted molar refractivity (Wildman–Crippen MR) is 118 cm³/mol. The van der Waals surface area contributed by atoms with Gasteiger partial charge in [-0.05, 0) is 68.2 Å². The Bertz CT molecular complexity index is 995. The van der Waals surface area contributed by atoms with Gasteiger partial charge in [-0.25, -0.2) is 0 Å². The highest BCUT2D eigenvalue weighted by molar-refractivity contribution is 7.19. The molecule has 0 atom stereocenters. The van der Waals surface area contributed by atoms with E-state index >= 15 is 0 Å². The number of hydrogen-bond acceptors (Lipinski definition) is 1. The maximum Gasteiger partial charge on any atom is 0.0390 e. The second-order valence-corrected chi connectivity index (χ2v) is 11.3. The van der Waals surface area contributed by atoms with Gasteiger partial charge in [0, 0.05) is 9.75 Å². The van der Waals surface area contributed by atoms with E-state index in [2.05, 4.69) is 77.9 Å². The number of fused-ring (bicyclic) bond motifs is 7. The Balaban J connectivity index is 1.57. The molecule has 5 rings (SSSR count). The van der Waals surface area contributed by atoms with Gasteiger partial charge < -0.3 is 0 Å². The Morgan fingerprint density at radius 3 is 1.41 bits per heavy atom. The van der Waals surface area contributed by atoms with Crippen LogP contribution in [0.25, 0.3) is 20.9 Å². The fraction of sp³-hybridized carbons (Fsp3) is 0.385. The van der Waals surface area contributed by atoms with Crippen LogP contribution in [0.3, 0.4) is 0 Å². The van der Waals surface area contributed by atoms with Gasteiger partial charge in [-0.3, -0.25) is 0 Å². The molecule has 0 spiro atoms. The van der Waals surface area contributed by atoms with Gasteiger partial charge in [0.25, 0.3) is 0 Å². The molecule has 2 aliphatic rings. The van der Waals surface area contributed by atoms with Crippen LogP contribution < -0.4 is 0 Å². The fourth-order valence-electron chi connectivity index (χ4n) is 4.55. The van der Waals surface area contributed by atoms with E-state index in [0.717, 1.165) is 12.8 Å². The van der Waals surface area contributed by atoms with E-state index < -0.39 is 0 Å². The summed E-state index contributed by atoms with van der Waals surface area (Å²) in [6, 6.07) is 14.3. The Hall–Kier alpha value is -1.86. The summed E-state index contributed by atoms with van der Waals surface area (Å²) in [4.78, 5) is 3.06. The van der Waals surface area contributed by atoms with E-state index in [0.29, 0.717) is 0 Å². The predicted octanol–water partition coefficient (Wildman–Crippen LogP) is 7.49. The van der Waals surface area contributed by atoms with Crippen molar-refractivity contribution in [3.63, 3.8) is 0 Å². The summed E-state index contributed by atoms with van der Waals surface area (Å²) >= 11 is 2.02. The highest BCUT2D eigenvalue weighted by Gasteiger charge is 2.32. The number of hydrogen-bond donors (Lipinski definition) is 0. The second-order valence-electron chi connectivity index (χ2n) is 10.3. The van der Waals surface area contributed by atoms with Crippen LogP contribution in [0.2, 0.25) is 0 Å². The monoisotopic (exact) mass is 372 g/mol. The van der Waals surface area contributed by atoms with Crippen LogP contribution >= 0.6 is 11.3 Å². The van der Waals surface area contributed by atoms with Crippen molar-refractivity contribution in [2.24, 2.45) is 0 Å². The molecular formula is C26H28S. The molecule has 0 saturated carbocycles. The van der Waals surface area contributed by atoms with Crippen LogP contribution in [0, 0.1) is 0 Å². The van der Waals surface area contributed by atoms with Crippen molar-refractivity contribution in [2.75, 3.05) is 0 Å². The van der Waals surface area contributed by atoms with Gasteiger partial charge in [-0.2, -0.15) is 0 Å². The third kappa shape index (κ3) is 2.55. The smallest absolute Gasteiger partial charge is 0.0390 e. The van der Waals surface area contributed by atoms with Gasteiger partial charge in [-0.15, -0.1) is 11.3 Å². The maximum absolute atomic E-state index is 2.45. The van der Waals surface area contributed by atoms with Crippen LogP contribution in [-0.2, 0) is 23.7 Å². The summed E-state index contributed by atoms with van der Waals surface area (Å²) in [5.74, 6) is 0. The second kappa shape index (κ2) is 5.35. The third-order valence-corrected chi connectivity index (χ3v) is 7.62. The molecule has 138 valence electrons. The Kier molecular flexibility index (Phi) is 3.42. The molecule has 0 radical (unpaired) electrons. The molecule has 0 nitrogen and oxygen atoms in total. The molecule has 2 aromatic carbocycles. The molecule has 27 heavy (non-hydrogen) atoms. The van der Waals surface area contributed by atoms with Gasteiger partial charge in [-0.1, -0.05) is 77.9 Å². The summed E-state index contributed by atoms with van der Waals surface area (Å²) in [5, 5.41) is 0. The van der Waals surface area contributed by atoms with E-state index in [1.165, 1.54) is 43.1 Å². The molecule has 0 unspecified atom stereocenters. The topological polar surface area (TPSA) is 0 Å². The lowest BCUT2D eigenvalue weighted by molar-refractivity contribution is 0.589. The zero-order valence-corrected chi connectivity index (χ0v) is 18.1. The van der Waals surface area contributed by atoms with Gasteiger partial charge >= 0.3 is 0 Å². The van der Waals surface area contributed by atoms with Crippen LogP contribution in [-0.4, -0.2) is 0 Å². The molecule has 0 saturated heterocycles. The van der Waals surface area contributed by atoms with Crippen LogP contribution in [0.1, 0.15) is 74.9 Å². The summed E-state index contributed by atoms with van der Waals surface area (Å²) < 4.78 is 0. The van der Waals surface area contributed by atoms with Gasteiger partial charge in [0.15, 0.2) is 0 Å². The third-order valence-electron chi connectivity index (χ3n) is 6.28. The Morgan fingerprint density at radius 1 is 0.630 bits per heavy atom. The lowest BCUT2D eigenvalue weighted by atomic mass is 9.85. The Labute approximate surface area is 167 Å². The van der Waals surface area contributed by atoms with Crippen molar-refractivity contribution in [3.05, 3.63) is 69.8 Å². The summed E-state index contributed by atoms with van der Waals surface area (Å²) in [6.07, 6.45) is 2.22. The summed E-state index contributed by atoms with van der Waals surface area (Å²) in [6.45, 7) is 13.8. The minimum Gasteiger partial charge on any atom is -0.135 e. The first-order valence-corrected chi connectivity index (χ1v) is 10.9. The van der Waals surface area contributed by atoms with E-state index in [1.807, 2.05) is 11.3 Å². The summed E-state index contributed by atoms with van der Waals surface area (Å²) in [7, 11) is 0. The van der Waals surface area contributed by atoms with Crippen molar-refractivity contribution >= 4 is 11.3 Å². The average Bonchev–Trinajstić information content (AvgIpc) is 3.20. The molecule has 0 N–H and O–H groups in total. The van der Waals surface area contributed by atoms with Gasteiger partial charge in [0.05, 0.1) is 0 Å². The SMILES string of the molecule is CC(C)(C)c1ccc2c(c1)Cc1c-2sc2c1Cc1cc(C(C)(C)C)ccc1-2. The van der Waals surface area contributed by atoms with Crippen molar-refractivity contribution < 1.29 is 0 Å². The van der Waals surface area contributed by atoms with Gasteiger partial charge in [0.1, 0.15) is 0 Å². The molecule has 0 bridgehead atoms. The van der Waals surface area contributed by atoms with E-state index in [1.54, 1.807) is 11.1 Å². The van der Waals surface area contributed by atoms with Crippen LogP contribution in [0.15, 0.2) is 36.4 Å². The number of thiophene rings is 1. The average molecular weight is 373 g/mol. The lowest BCUT2D eigenvalue weighted by Gasteiger charge is -2.20. The lowest BCUT2D eigenvalue weighted by Crippen LogP contribution is -2.11. The van der Waals surface area contributed by atoms with Crippen molar-refractivity contribution in [1.29, 1.82) is 0 Å². The minimum atomic E-state index is 0.215. The fourth-order valence-corrected chi connectivity index (χ4v) is 6.00. The molecular weight excluding hydrogens is 344 g/mol. The van der Waals surface area contributed by atoms with Crippen LogP contribution in [0.5, 0.6) is 0 Å². The molecule has 1 heterocycles. The first-order valence-electron chi connectivity index (χ1n) is 10.0. The number of rotatable bonds is 0. The normalized spacial score (nSPS) is 14.7. The molecule has 0 amide bonds. The highest BCUT2D eigenvalue weighted by Crippen LogP contribution is 2.53. The van der Waals surface area contributed by atoms with E-state index in [9.17, 15) is 0 Å². The van der Waals surface area contributed by atoms with E-state index in [-0.39, 0.29) is 10.8 Å². The largest absolute Gasteiger partial charge is 0.135 e. The molecule has 2 aliphatic carbocycles. The first kappa shape index (κ1) is 17.3. The van der Waals surface area contributed by atoms with Crippen molar-refractivity contribution in [2.45, 2.75) is 65.2 Å². The zero-order chi connectivity index (χ0) is 19.1. The summed E-state index contributed by atoms with van der Waals surface area (Å²) in [5.41, 5.74) is 12.5. The molecule has 0 fully saturated rings. The Morgan fingerprint density at radius 2 is 1.04 bits per heavy atom. The molecule has 1 heteroatoms. The molecule has 1 aromatic heterocycles. The maximum atomic E-state index is 2.45.